The van der Waals surface area contributed by atoms with Gasteiger partial charge >= 0.3 is 0 Å². The number of benzene rings is 2. The van der Waals surface area contributed by atoms with E-state index in [-0.39, 0.29) is 11.4 Å². The summed E-state index contributed by atoms with van der Waals surface area (Å²) in [6.07, 6.45) is 1.95. The fourth-order valence-corrected chi connectivity index (χ4v) is 5.00. The minimum Gasteiger partial charge on any atom is -0.331 e. The van der Waals surface area contributed by atoms with Crippen LogP contribution in [0.4, 0.5) is 0 Å². The average molecular weight is 421 g/mol. The van der Waals surface area contributed by atoms with Gasteiger partial charge in [-0.3, -0.25) is 9.78 Å². The van der Waals surface area contributed by atoms with E-state index in [2.05, 4.69) is 29.2 Å². The molecule has 32 heavy (non-hydrogen) atoms. The first-order valence-corrected chi connectivity index (χ1v) is 11.0. The molecule has 0 unspecified atom stereocenters. The highest BCUT2D eigenvalue weighted by molar-refractivity contribution is 5.96. The van der Waals surface area contributed by atoms with Crippen LogP contribution in [0.1, 0.15) is 40.3 Å². The Morgan fingerprint density at radius 1 is 0.906 bits per heavy atom. The van der Waals surface area contributed by atoms with Crippen molar-refractivity contribution in [3.8, 4) is 28.1 Å². The molecule has 1 fully saturated rings. The second-order valence-electron chi connectivity index (χ2n) is 8.91. The molecule has 0 saturated heterocycles. The Morgan fingerprint density at radius 2 is 1.69 bits per heavy atom. The fraction of sp³-hybridized carbons (Fsp3) is 0.222. The topological polar surface area (TPSA) is 51.0 Å². The summed E-state index contributed by atoms with van der Waals surface area (Å²) in [5.74, 6) is 0.0168. The van der Waals surface area contributed by atoms with Gasteiger partial charge in [0.2, 0.25) is 0 Å². The van der Waals surface area contributed by atoms with Gasteiger partial charge in [-0.1, -0.05) is 48.5 Å². The fourth-order valence-electron chi connectivity index (χ4n) is 5.00. The first kappa shape index (κ1) is 19.0. The predicted molar refractivity (Wildman–Crippen MR) is 125 cm³/mol. The molecule has 1 saturated carbocycles. The quantitative estimate of drug-likeness (QED) is 0.443. The lowest BCUT2D eigenvalue weighted by atomic mass is 9.96. The summed E-state index contributed by atoms with van der Waals surface area (Å²) in [6, 6.07) is 22.6. The summed E-state index contributed by atoms with van der Waals surface area (Å²) in [5.41, 5.74) is 8.51. The molecule has 5 nitrogen and oxygen atoms in total. The Morgan fingerprint density at radius 3 is 2.41 bits per heavy atom. The molecule has 2 aliphatic rings. The molecule has 0 N–H and O–H groups in total. The smallest absolute Gasteiger partial charge is 0.273 e. The zero-order valence-electron chi connectivity index (χ0n) is 18.5. The summed E-state index contributed by atoms with van der Waals surface area (Å²) >= 11 is 0. The lowest BCUT2D eigenvalue weighted by Gasteiger charge is -2.27. The van der Waals surface area contributed by atoms with Crippen LogP contribution in [0.5, 0.6) is 0 Å². The minimum absolute atomic E-state index is 0.0168. The summed E-state index contributed by atoms with van der Waals surface area (Å²) < 4.78 is 1.85. The maximum atomic E-state index is 13.5. The molecular weight excluding hydrogens is 396 g/mol. The number of fused-ring (bicyclic) bond motifs is 4. The van der Waals surface area contributed by atoms with Crippen LogP contribution in [0, 0.1) is 13.8 Å². The van der Waals surface area contributed by atoms with Crippen LogP contribution >= 0.6 is 0 Å². The van der Waals surface area contributed by atoms with Crippen molar-refractivity contribution in [1.82, 2.24) is 19.7 Å². The molecule has 1 aliphatic heterocycles. The van der Waals surface area contributed by atoms with Crippen molar-refractivity contribution in [3.63, 3.8) is 0 Å². The third-order valence-corrected chi connectivity index (χ3v) is 6.93. The molecule has 1 spiro atoms. The summed E-state index contributed by atoms with van der Waals surface area (Å²) in [4.78, 5) is 20.1. The van der Waals surface area contributed by atoms with E-state index in [0.29, 0.717) is 5.69 Å². The molecule has 5 heteroatoms. The van der Waals surface area contributed by atoms with Crippen LogP contribution in [-0.2, 0) is 5.54 Å². The molecule has 158 valence electrons. The van der Waals surface area contributed by atoms with Crippen molar-refractivity contribution in [3.05, 3.63) is 89.4 Å². The van der Waals surface area contributed by atoms with E-state index in [1.165, 1.54) is 0 Å². The maximum Gasteiger partial charge on any atom is 0.273 e. The molecule has 2 aromatic carbocycles. The highest BCUT2D eigenvalue weighted by Crippen LogP contribution is 2.54. The monoisotopic (exact) mass is 420 g/mol. The van der Waals surface area contributed by atoms with E-state index in [1.54, 1.807) is 0 Å². The Labute approximate surface area is 187 Å². The van der Waals surface area contributed by atoms with E-state index in [1.807, 2.05) is 72.9 Å². The van der Waals surface area contributed by atoms with Gasteiger partial charge in [0, 0.05) is 35.1 Å². The Kier molecular flexibility index (Phi) is 3.94. The maximum absolute atomic E-state index is 13.5. The van der Waals surface area contributed by atoms with E-state index < -0.39 is 0 Å². The van der Waals surface area contributed by atoms with E-state index in [9.17, 15) is 4.79 Å². The largest absolute Gasteiger partial charge is 0.331 e. The van der Waals surface area contributed by atoms with Crippen molar-refractivity contribution in [2.75, 3.05) is 7.05 Å². The lowest BCUT2D eigenvalue weighted by molar-refractivity contribution is 0.0704. The number of aryl methyl sites for hydroxylation is 2. The van der Waals surface area contributed by atoms with Gasteiger partial charge in [-0.15, -0.1) is 0 Å². The van der Waals surface area contributed by atoms with Gasteiger partial charge in [0.1, 0.15) is 5.69 Å². The molecule has 0 atom stereocenters. The van der Waals surface area contributed by atoms with Crippen LogP contribution in [0.2, 0.25) is 0 Å². The standard InChI is InChI=1S/C27H24N4O/c1-17-9-11-21(18(2)28-17)20-10-12-22-24(15-20)31-25(26(32)30(3)27(22)13-14-27)16-23(29-31)19-7-5-4-6-8-19/h4-12,15-16H,13-14H2,1-3H3. The highest BCUT2D eigenvalue weighted by atomic mass is 16.2. The molecule has 1 aliphatic carbocycles. The van der Waals surface area contributed by atoms with Crippen molar-refractivity contribution < 1.29 is 4.79 Å². The Hall–Kier alpha value is -3.73. The normalized spacial score (nSPS) is 16.0. The molecule has 6 rings (SSSR count). The molecule has 0 radical (unpaired) electrons. The zero-order chi connectivity index (χ0) is 22.0. The molecule has 1 amide bonds. The number of carbonyl (C=O) groups is 1. The Bertz CT molecular complexity index is 1380. The number of hydrogen-bond acceptors (Lipinski definition) is 3. The SMILES string of the molecule is Cc1ccc(-c2ccc3c(c2)-n2nc(-c4ccccc4)cc2C(=O)N(C)C32CC2)c(C)n1. The van der Waals surface area contributed by atoms with Crippen LogP contribution in [-0.4, -0.2) is 32.6 Å². The minimum atomic E-state index is -0.237. The van der Waals surface area contributed by atoms with Gasteiger partial charge in [-0.05, 0) is 50.5 Å². The van der Waals surface area contributed by atoms with Crippen molar-refractivity contribution in [1.29, 1.82) is 0 Å². The second-order valence-corrected chi connectivity index (χ2v) is 8.91. The molecular formula is C27H24N4O. The van der Waals surface area contributed by atoms with Gasteiger partial charge in [0.25, 0.3) is 5.91 Å². The van der Waals surface area contributed by atoms with Crippen LogP contribution < -0.4 is 0 Å². The first-order valence-electron chi connectivity index (χ1n) is 11.0. The second kappa shape index (κ2) is 6.63. The van der Waals surface area contributed by atoms with E-state index in [4.69, 9.17) is 5.10 Å². The molecule has 2 aromatic heterocycles. The number of pyridine rings is 1. The lowest BCUT2D eigenvalue weighted by Crippen LogP contribution is -2.36. The predicted octanol–water partition coefficient (Wildman–Crippen LogP) is 5.29. The van der Waals surface area contributed by atoms with Gasteiger partial charge in [-0.25, -0.2) is 4.68 Å². The van der Waals surface area contributed by atoms with E-state index in [0.717, 1.165) is 57.9 Å². The van der Waals surface area contributed by atoms with E-state index >= 15 is 0 Å². The highest BCUT2D eigenvalue weighted by Gasteiger charge is 2.53. The summed E-state index contributed by atoms with van der Waals surface area (Å²) in [7, 11) is 1.92. The van der Waals surface area contributed by atoms with Crippen LogP contribution in [0.25, 0.3) is 28.1 Å². The van der Waals surface area contributed by atoms with Crippen molar-refractivity contribution >= 4 is 5.91 Å². The Balaban J connectivity index is 1.60. The molecule has 4 aromatic rings. The summed E-state index contributed by atoms with van der Waals surface area (Å²) in [6.45, 7) is 4.05. The molecule has 3 heterocycles. The van der Waals surface area contributed by atoms with Crippen molar-refractivity contribution in [2.45, 2.75) is 32.2 Å². The number of carbonyl (C=O) groups excluding carboxylic acids is 1. The zero-order valence-corrected chi connectivity index (χ0v) is 18.5. The number of nitrogens with zero attached hydrogens (tertiary/aromatic N) is 4. The van der Waals surface area contributed by atoms with Gasteiger partial charge in [0.15, 0.2) is 0 Å². The third-order valence-electron chi connectivity index (χ3n) is 6.93. The molecule has 0 bridgehead atoms. The van der Waals surface area contributed by atoms with Crippen molar-refractivity contribution in [2.24, 2.45) is 0 Å². The number of rotatable bonds is 2. The van der Waals surface area contributed by atoms with Crippen LogP contribution in [0.3, 0.4) is 0 Å². The number of amides is 1. The number of aromatic nitrogens is 3. The van der Waals surface area contributed by atoms with Gasteiger partial charge in [-0.2, -0.15) is 5.10 Å². The third kappa shape index (κ3) is 2.67. The first-order chi connectivity index (χ1) is 15.5. The van der Waals surface area contributed by atoms with Gasteiger partial charge < -0.3 is 4.90 Å². The number of hydrogen-bond donors (Lipinski definition) is 0. The summed E-state index contributed by atoms with van der Waals surface area (Å²) in [5, 5.41) is 4.93. The average Bonchev–Trinajstić information content (AvgIpc) is 3.50. The van der Waals surface area contributed by atoms with Crippen LogP contribution in [0.15, 0.2) is 66.7 Å². The van der Waals surface area contributed by atoms with Gasteiger partial charge in [0.05, 0.1) is 16.9 Å².